The molecule has 4 aliphatic carbocycles. The molecule has 4 aliphatic rings. The van der Waals surface area contributed by atoms with Gasteiger partial charge in [-0.25, -0.2) is 8.37 Å². The van der Waals surface area contributed by atoms with E-state index < -0.39 is 33.0 Å². The molecule has 218 valence electrons. The molecule has 3 fully saturated rings. The first kappa shape index (κ1) is 30.1. The molecule has 3 saturated carbocycles. The number of aliphatic hydroxyl groups excluding tert-OH is 1. The first-order valence-electron chi connectivity index (χ1n) is 13.9. The lowest BCUT2D eigenvalue weighted by Gasteiger charge is -2.59. The first-order chi connectivity index (χ1) is 17.6. The molecule has 0 bridgehead atoms. The molecule has 0 aromatic carbocycles. The van der Waals surface area contributed by atoms with Crippen LogP contribution in [0.1, 0.15) is 85.0 Å². The van der Waals surface area contributed by atoms with Gasteiger partial charge in [-0.05, 0) is 117 Å². The minimum atomic E-state index is -4.65. The molecule has 0 saturated heterocycles. The van der Waals surface area contributed by atoms with E-state index in [0.717, 1.165) is 62.5 Å². The highest BCUT2D eigenvalue weighted by Crippen LogP contribution is 2.67. The number of fused-ring (bicyclic) bond motifs is 5. The van der Waals surface area contributed by atoms with E-state index in [1.165, 1.54) is 0 Å². The highest BCUT2D eigenvalue weighted by molar-refractivity contribution is 7.81. The number of rotatable bonds is 10. The van der Waals surface area contributed by atoms with Gasteiger partial charge in [-0.2, -0.15) is 16.8 Å². The van der Waals surface area contributed by atoms with Crippen LogP contribution in [0.25, 0.3) is 0 Å². The average Bonchev–Trinajstić information content (AvgIpc) is 3.14. The van der Waals surface area contributed by atoms with Gasteiger partial charge in [-0.3, -0.25) is 9.11 Å². The van der Waals surface area contributed by atoms with Crippen molar-refractivity contribution in [3.05, 3.63) is 23.8 Å². The Morgan fingerprint density at radius 1 is 1.08 bits per heavy atom. The van der Waals surface area contributed by atoms with Crippen LogP contribution in [0.3, 0.4) is 0 Å². The Hall–Kier alpha value is -0.820. The molecule has 9 atom stereocenters. The molecule has 0 aliphatic heterocycles. The Balaban J connectivity index is 1.55. The lowest BCUT2D eigenvalue weighted by Crippen LogP contribution is -2.54. The van der Waals surface area contributed by atoms with Crippen LogP contribution in [0.15, 0.2) is 23.8 Å². The predicted octanol–water partition coefficient (Wildman–Crippen LogP) is 4.91. The summed E-state index contributed by atoms with van der Waals surface area (Å²) in [5, 5.41) is 11.0. The van der Waals surface area contributed by atoms with Gasteiger partial charge < -0.3 is 5.11 Å². The monoisotopic (exact) mass is 576 g/mol. The fraction of sp³-hybridized carbons (Fsp3) is 0.852. The number of hydrogen-bond donors (Lipinski definition) is 3. The van der Waals surface area contributed by atoms with Crippen molar-refractivity contribution in [1.29, 1.82) is 0 Å². The Bertz CT molecular complexity index is 1150. The summed E-state index contributed by atoms with van der Waals surface area (Å²) in [7, 11) is -9.17. The molecule has 0 aromatic rings. The van der Waals surface area contributed by atoms with Crippen LogP contribution in [0, 0.1) is 40.4 Å². The predicted molar refractivity (Wildman–Crippen MR) is 143 cm³/mol. The quantitative estimate of drug-likeness (QED) is 0.244. The maximum atomic E-state index is 11.4. The van der Waals surface area contributed by atoms with Crippen molar-refractivity contribution >= 4 is 20.8 Å². The fourth-order valence-corrected chi connectivity index (χ4v) is 9.88. The average molecular weight is 577 g/mol. The Morgan fingerprint density at radius 2 is 1.79 bits per heavy atom. The molecule has 11 heteroatoms. The molecule has 0 radical (unpaired) electrons. The lowest BCUT2D eigenvalue weighted by molar-refractivity contribution is -0.0788. The summed E-state index contributed by atoms with van der Waals surface area (Å²) in [6.07, 6.45) is 8.40. The van der Waals surface area contributed by atoms with E-state index in [-0.39, 0.29) is 29.3 Å². The van der Waals surface area contributed by atoms with Crippen LogP contribution in [0.2, 0.25) is 0 Å². The van der Waals surface area contributed by atoms with E-state index in [2.05, 4.69) is 26.5 Å². The second-order valence-corrected chi connectivity index (χ2v) is 14.9. The van der Waals surface area contributed by atoms with Crippen LogP contribution < -0.4 is 0 Å². The van der Waals surface area contributed by atoms with Crippen LogP contribution in [0.4, 0.5) is 0 Å². The number of hydrogen-bond acceptors (Lipinski definition) is 7. The van der Waals surface area contributed by atoms with Crippen molar-refractivity contribution in [3.8, 4) is 0 Å². The highest BCUT2D eigenvalue weighted by atomic mass is 32.3. The second kappa shape index (κ2) is 10.9. The van der Waals surface area contributed by atoms with Gasteiger partial charge in [0, 0.05) is 0 Å². The second-order valence-electron chi connectivity index (χ2n) is 12.8. The smallest absolute Gasteiger partial charge is 0.386 e. The van der Waals surface area contributed by atoms with Crippen LogP contribution >= 0.6 is 0 Å². The van der Waals surface area contributed by atoms with Gasteiger partial charge in [0.05, 0.1) is 6.61 Å². The third-order valence-electron chi connectivity index (χ3n) is 10.6. The van der Waals surface area contributed by atoms with E-state index in [1.54, 1.807) is 0 Å². The largest absolute Gasteiger partial charge is 0.397 e. The molecule has 4 rings (SSSR count). The zero-order chi connectivity index (χ0) is 28.1. The van der Waals surface area contributed by atoms with Crippen molar-refractivity contribution in [2.75, 3.05) is 6.61 Å². The van der Waals surface area contributed by atoms with Gasteiger partial charge in [-0.1, -0.05) is 25.5 Å². The van der Waals surface area contributed by atoms with Crippen LogP contribution in [0.5, 0.6) is 0 Å². The van der Waals surface area contributed by atoms with Crippen LogP contribution in [-0.2, 0) is 29.2 Å². The van der Waals surface area contributed by atoms with Gasteiger partial charge >= 0.3 is 20.8 Å². The zero-order valence-corrected chi connectivity index (χ0v) is 24.3. The van der Waals surface area contributed by atoms with E-state index >= 15 is 0 Å². The number of allylic oxidation sites excluding steroid dienone is 2. The topological polar surface area (TPSA) is 147 Å². The summed E-state index contributed by atoms with van der Waals surface area (Å²) in [6.45, 7) is 10.5. The maximum Gasteiger partial charge on any atom is 0.397 e. The summed E-state index contributed by atoms with van der Waals surface area (Å²) in [5.74, 6) is 1.50. The lowest BCUT2D eigenvalue weighted by atomic mass is 9.46. The molecule has 9 nitrogen and oxygen atoms in total. The molecule has 0 heterocycles. The summed E-state index contributed by atoms with van der Waals surface area (Å²) in [6, 6.07) is 0. The van der Waals surface area contributed by atoms with Crippen molar-refractivity contribution in [3.63, 3.8) is 0 Å². The van der Waals surface area contributed by atoms with Crippen molar-refractivity contribution in [2.24, 2.45) is 40.4 Å². The molecule has 0 amide bonds. The fourth-order valence-electron chi connectivity index (χ4n) is 9.02. The van der Waals surface area contributed by atoms with E-state index in [9.17, 15) is 26.5 Å². The van der Waals surface area contributed by atoms with E-state index in [4.69, 9.17) is 12.9 Å². The Labute approximate surface area is 228 Å². The Morgan fingerprint density at radius 3 is 2.42 bits per heavy atom. The molecular weight excluding hydrogens is 532 g/mol. The van der Waals surface area contributed by atoms with Crippen LogP contribution in [-0.4, -0.2) is 49.9 Å². The summed E-state index contributed by atoms with van der Waals surface area (Å²) in [5.41, 5.74) is 1.67. The molecule has 0 unspecified atom stereocenters. The molecular formula is C27H44O9S2. The molecule has 0 aromatic heterocycles. The summed E-state index contributed by atoms with van der Waals surface area (Å²) >= 11 is 0. The summed E-state index contributed by atoms with van der Waals surface area (Å²) < 4.78 is 73.6. The standard InChI is InChI=1S/C27H44O9S2/c1-17(2)6-5-7-18(16-35-37(29,30)31)20-10-11-21-19-8-9-23-25(28)24(36-38(32,33)34)13-15-27(23,4)22(19)12-14-26(20,21)3/h9,18-22,24-25,28H,1,5-8,10-16H2,2-4H3,(H,29,30,31)(H,32,33,34)/t18-,19-,20+,21-,22-,24+,25+,26+,27+/m0/s1. The maximum absolute atomic E-state index is 11.4. The van der Waals surface area contributed by atoms with Gasteiger partial charge in [0.2, 0.25) is 0 Å². The van der Waals surface area contributed by atoms with Gasteiger partial charge in [-0.15, -0.1) is 6.58 Å². The van der Waals surface area contributed by atoms with Crippen molar-refractivity contribution in [1.82, 2.24) is 0 Å². The molecule has 38 heavy (non-hydrogen) atoms. The third-order valence-corrected chi connectivity index (χ3v) is 11.6. The van der Waals surface area contributed by atoms with Gasteiger partial charge in [0.25, 0.3) is 0 Å². The van der Waals surface area contributed by atoms with E-state index in [1.807, 2.05) is 6.92 Å². The van der Waals surface area contributed by atoms with Gasteiger partial charge in [0.15, 0.2) is 0 Å². The minimum absolute atomic E-state index is 0.0147. The normalized spacial score (nSPS) is 40.0. The first-order valence-corrected chi connectivity index (χ1v) is 16.6. The van der Waals surface area contributed by atoms with Gasteiger partial charge in [0.1, 0.15) is 12.2 Å². The van der Waals surface area contributed by atoms with Crippen molar-refractivity contribution < 1.29 is 39.4 Å². The van der Waals surface area contributed by atoms with Crippen molar-refractivity contribution in [2.45, 2.75) is 97.2 Å². The third kappa shape index (κ3) is 6.09. The summed E-state index contributed by atoms with van der Waals surface area (Å²) in [4.78, 5) is 0. The zero-order valence-electron chi connectivity index (χ0n) is 22.7. The molecule has 3 N–H and O–H groups in total. The SMILES string of the molecule is C=C(C)CCC[C@@H](COS(=O)(=O)O)[C@H]1CC[C@H]2[C@@H]3CC=C4[C@@H](O)[C@H](OS(=O)(=O)O)CC[C@]4(C)[C@H]3CC[C@]12C. The number of aliphatic hydroxyl groups is 1. The highest BCUT2D eigenvalue weighted by Gasteiger charge is 2.60. The minimum Gasteiger partial charge on any atom is -0.386 e. The Kier molecular flexibility index (Phi) is 8.62. The molecule has 0 spiro atoms. The van der Waals surface area contributed by atoms with E-state index in [0.29, 0.717) is 30.6 Å².